The van der Waals surface area contributed by atoms with Crippen molar-refractivity contribution < 1.29 is 19.4 Å². The number of hydrogen-bond acceptors (Lipinski definition) is 3. The zero-order chi connectivity index (χ0) is 15.3. The predicted molar refractivity (Wildman–Crippen MR) is 77.2 cm³/mol. The molecule has 0 aliphatic carbocycles. The van der Waals surface area contributed by atoms with E-state index in [-0.39, 0.29) is 24.0 Å². The number of carbonyl (C=O) groups excluding carboxylic acids is 1. The summed E-state index contributed by atoms with van der Waals surface area (Å²) in [4.78, 5) is 22.9. The molecular weight excluding hydrogens is 258 g/mol. The highest BCUT2D eigenvalue weighted by molar-refractivity contribution is 5.95. The van der Waals surface area contributed by atoms with Gasteiger partial charge in [-0.15, -0.1) is 0 Å². The van der Waals surface area contributed by atoms with Crippen molar-refractivity contribution in [1.82, 2.24) is 0 Å². The van der Waals surface area contributed by atoms with Crippen molar-refractivity contribution in [2.75, 3.05) is 11.9 Å². The minimum absolute atomic E-state index is 0.0857. The predicted octanol–water partition coefficient (Wildman–Crippen LogP) is 2.76. The number of carboxylic acid groups (broad SMARTS) is 1. The third kappa shape index (κ3) is 4.66. The summed E-state index contributed by atoms with van der Waals surface area (Å²) in [7, 11) is 0. The van der Waals surface area contributed by atoms with E-state index in [1.807, 2.05) is 20.8 Å². The first kappa shape index (κ1) is 16.2. The maximum Gasteiger partial charge on any atom is 0.336 e. The topological polar surface area (TPSA) is 75.6 Å². The number of hydrogen-bond donors (Lipinski definition) is 2. The Morgan fingerprint density at radius 2 is 1.90 bits per heavy atom. The Labute approximate surface area is 118 Å². The molecule has 0 aliphatic rings. The van der Waals surface area contributed by atoms with Crippen molar-refractivity contribution in [2.45, 2.75) is 40.2 Å². The summed E-state index contributed by atoms with van der Waals surface area (Å²) >= 11 is 0. The number of anilines is 1. The molecule has 0 fully saturated rings. The minimum Gasteiger partial charge on any atom is -0.478 e. The Morgan fingerprint density at radius 3 is 2.45 bits per heavy atom. The van der Waals surface area contributed by atoms with E-state index in [4.69, 9.17) is 9.84 Å². The van der Waals surface area contributed by atoms with Crippen molar-refractivity contribution in [3.05, 3.63) is 28.8 Å². The molecule has 0 atom stereocenters. The fraction of sp³-hybridized carbons (Fsp3) is 0.467. The van der Waals surface area contributed by atoms with Gasteiger partial charge in [0.2, 0.25) is 5.91 Å². The second-order valence-electron chi connectivity index (χ2n) is 5.00. The van der Waals surface area contributed by atoms with Crippen LogP contribution in [0.2, 0.25) is 0 Å². The van der Waals surface area contributed by atoms with Gasteiger partial charge in [0.25, 0.3) is 0 Å². The highest BCUT2D eigenvalue weighted by atomic mass is 16.5. The maximum atomic E-state index is 11.8. The van der Waals surface area contributed by atoms with E-state index in [2.05, 4.69) is 5.32 Å². The summed E-state index contributed by atoms with van der Waals surface area (Å²) in [5.74, 6) is -1.19. The van der Waals surface area contributed by atoms with Gasteiger partial charge in [0.05, 0.1) is 24.7 Å². The van der Waals surface area contributed by atoms with Gasteiger partial charge in [-0.25, -0.2) is 4.79 Å². The Hall–Kier alpha value is -1.88. The summed E-state index contributed by atoms with van der Waals surface area (Å²) in [6.45, 7) is 7.72. The van der Waals surface area contributed by atoms with Gasteiger partial charge in [-0.1, -0.05) is 6.07 Å². The molecule has 1 rings (SSSR count). The normalized spacial score (nSPS) is 10.7. The van der Waals surface area contributed by atoms with Crippen molar-refractivity contribution in [1.29, 1.82) is 0 Å². The number of ether oxygens (including phenoxy) is 1. The zero-order valence-corrected chi connectivity index (χ0v) is 12.3. The third-order valence-corrected chi connectivity index (χ3v) is 2.86. The van der Waals surface area contributed by atoms with E-state index >= 15 is 0 Å². The average molecular weight is 279 g/mol. The lowest BCUT2D eigenvalue weighted by Crippen LogP contribution is -2.17. The minimum atomic E-state index is -0.999. The molecule has 1 aromatic rings. The smallest absolute Gasteiger partial charge is 0.336 e. The molecule has 1 aromatic carbocycles. The lowest BCUT2D eigenvalue weighted by Gasteiger charge is -2.12. The number of amides is 1. The molecule has 0 spiro atoms. The summed E-state index contributed by atoms with van der Waals surface area (Å²) in [6, 6.07) is 3.25. The van der Waals surface area contributed by atoms with E-state index in [0.717, 1.165) is 5.56 Å². The number of carbonyl (C=O) groups is 2. The van der Waals surface area contributed by atoms with E-state index in [1.165, 1.54) is 6.07 Å². The van der Waals surface area contributed by atoms with Gasteiger partial charge in [-0.3, -0.25) is 4.79 Å². The van der Waals surface area contributed by atoms with Crippen molar-refractivity contribution in [3.63, 3.8) is 0 Å². The van der Waals surface area contributed by atoms with E-state index < -0.39 is 5.97 Å². The second kappa shape index (κ2) is 7.05. The molecule has 5 nitrogen and oxygen atoms in total. The van der Waals surface area contributed by atoms with Gasteiger partial charge in [-0.05, 0) is 44.9 Å². The molecule has 0 heterocycles. The van der Waals surface area contributed by atoms with Crippen LogP contribution in [0.5, 0.6) is 0 Å². The fourth-order valence-electron chi connectivity index (χ4n) is 1.82. The van der Waals surface area contributed by atoms with Crippen molar-refractivity contribution in [2.24, 2.45) is 0 Å². The second-order valence-corrected chi connectivity index (χ2v) is 5.00. The van der Waals surface area contributed by atoms with Gasteiger partial charge in [-0.2, -0.15) is 0 Å². The van der Waals surface area contributed by atoms with Gasteiger partial charge in [0.1, 0.15) is 0 Å². The molecule has 0 saturated carbocycles. The average Bonchev–Trinajstić information content (AvgIpc) is 2.31. The largest absolute Gasteiger partial charge is 0.478 e. The fourth-order valence-corrected chi connectivity index (χ4v) is 1.82. The van der Waals surface area contributed by atoms with Gasteiger partial charge >= 0.3 is 5.97 Å². The van der Waals surface area contributed by atoms with Crippen LogP contribution in [0, 0.1) is 13.8 Å². The van der Waals surface area contributed by atoms with Crippen molar-refractivity contribution >= 4 is 17.6 Å². The molecule has 1 amide bonds. The van der Waals surface area contributed by atoms with Gasteiger partial charge < -0.3 is 15.2 Å². The molecule has 0 unspecified atom stereocenters. The highest BCUT2D eigenvalue weighted by Crippen LogP contribution is 2.21. The van der Waals surface area contributed by atoms with Crippen LogP contribution in [0.1, 0.15) is 41.8 Å². The monoisotopic (exact) mass is 279 g/mol. The first-order valence-electron chi connectivity index (χ1n) is 6.57. The Kier molecular flexibility index (Phi) is 5.70. The molecule has 0 aliphatic heterocycles. The zero-order valence-electron chi connectivity index (χ0n) is 12.3. The number of nitrogens with one attached hydrogen (secondary N) is 1. The third-order valence-electron chi connectivity index (χ3n) is 2.86. The van der Waals surface area contributed by atoms with Crippen LogP contribution in [0.25, 0.3) is 0 Å². The lowest BCUT2D eigenvalue weighted by molar-refractivity contribution is -0.117. The van der Waals surface area contributed by atoms with Crippen LogP contribution in [-0.4, -0.2) is 29.7 Å². The summed E-state index contributed by atoms with van der Waals surface area (Å²) in [5, 5.41) is 11.8. The number of benzene rings is 1. The van der Waals surface area contributed by atoms with Crippen LogP contribution < -0.4 is 5.32 Å². The van der Waals surface area contributed by atoms with E-state index in [1.54, 1.807) is 13.0 Å². The van der Waals surface area contributed by atoms with Crippen LogP contribution in [0.15, 0.2) is 12.1 Å². The maximum absolute atomic E-state index is 11.8. The van der Waals surface area contributed by atoms with Crippen LogP contribution in [0.4, 0.5) is 5.69 Å². The summed E-state index contributed by atoms with van der Waals surface area (Å²) in [5.41, 5.74) is 2.24. The molecule has 0 saturated heterocycles. The van der Waals surface area contributed by atoms with Crippen LogP contribution in [0.3, 0.4) is 0 Å². The molecular formula is C15H21NO4. The number of aromatic carboxylic acids is 1. The van der Waals surface area contributed by atoms with Crippen LogP contribution in [-0.2, 0) is 9.53 Å². The Bertz CT molecular complexity index is 509. The molecule has 110 valence electrons. The number of carboxylic acids is 1. The first-order valence-corrected chi connectivity index (χ1v) is 6.57. The summed E-state index contributed by atoms with van der Waals surface area (Å²) in [6.07, 6.45) is 0.330. The number of aryl methyl sites for hydroxylation is 2. The van der Waals surface area contributed by atoms with E-state index in [0.29, 0.717) is 17.9 Å². The highest BCUT2D eigenvalue weighted by Gasteiger charge is 2.12. The lowest BCUT2D eigenvalue weighted by atomic mass is 10.0. The molecule has 5 heteroatoms. The van der Waals surface area contributed by atoms with Crippen LogP contribution >= 0.6 is 0 Å². The number of rotatable bonds is 6. The SMILES string of the molecule is Cc1cc(C)c(C(=O)O)cc1NC(=O)CCOC(C)C. The molecule has 20 heavy (non-hydrogen) atoms. The molecule has 0 aromatic heterocycles. The standard InChI is InChI=1S/C15H21NO4/c1-9(2)20-6-5-14(17)16-13-8-12(15(18)19)10(3)7-11(13)4/h7-9H,5-6H2,1-4H3,(H,16,17)(H,18,19). The van der Waals surface area contributed by atoms with Gasteiger partial charge in [0.15, 0.2) is 0 Å². The van der Waals surface area contributed by atoms with Gasteiger partial charge in [0, 0.05) is 5.69 Å². The summed E-state index contributed by atoms with van der Waals surface area (Å²) < 4.78 is 5.31. The Morgan fingerprint density at radius 1 is 1.25 bits per heavy atom. The van der Waals surface area contributed by atoms with E-state index in [9.17, 15) is 9.59 Å². The quantitative estimate of drug-likeness (QED) is 0.839. The first-order chi connectivity index (χ1) is 9.31. The molecule has 2 N–H and O–H groups in total. The van der Waals surface area contributed by atoms with Crippen molar-refractivity contribution in [3.8, 4) is 0 Å². The molecule has 0 radical (unpaired) electrons. The molecule has 0 bridgehead atoms. The Balaban J connectivity index is 2.74.